The van der Waals surface area contributed by atoms with Gasteiger partial charge in [0, 0.05) is 29.5 Å². The summed E-state index contributed by atoms with van der Waals surface area (Å²) in [6, 6.07) is 7.20. The summed E-state index contributed by atoms with van der Waals surface area (Å²) in [7, 11) is 0. The molecule has 0 atom stereocenters. The van der Waals surface area contributed by atoms with Gasteiger partial charge >= 0.3 is 0 Å². The van der Waals surface area contributed by atoms with Crippen LogP contribution >= 0.6 is 0 Å². The molecule has 1 aromatic heterocycles. The predicted molar refractivity (Wildman–Crippen MR) is 110 cm³/mol. The number of nitrogens with zero attached hydrogens (tertiary/aromatic N) is 2. The molecule has 0 unspecified atom stereocenters. The Kier molecular flexibility index (Phi) is 5.55. The van der Waals surface area contributed by atoms with E-state index in [2.05, 4.69) is 64.6 Å². The van der Waals surface area contributed by atoms with Crippen molar-refractivity contribution >= 4 is 5.69 Å². The van der Waals surface area contributed by atoms with Gasteiger partial charge in [0.1, 0.15) is 5.75 Å². The Morgan fingerprint density at radius 3 is 2.31 bits per heavy atom. The molecule has 0 N–H and O–H groups in total. The highest BCUT2D eigenvalue weighted by Crippen LogP contribution is 2.39. The van der Waals surface area contributed by atoms with Crippen LogP contribution in [0.1, 0.15) is 61.1 Å². The first-order valence-electron chi connectivity index (χ1n) is 9.97. The van der Waals surface area contributed by atoms with Gasteiger partial charge in [0.15, 0.2) is 0 Å². The first-order valence-corrected chi connectivity index (χ1v) is 9.97. The summed E-state index contributed by atoms with van der Waals surface area (Å²) < 4.78 is 6.43. The molecule has 140 valence electrons. The van der Waals surface area contributed by atoms with Crippen molar-refractivity contribution in [3.63, 3.8) is 0 Å². The molecule has 1 aromatic carbocycles. The summed E-state index contributed by atoms with van der Waals surface area (Å²) >= 11 is 0. The van der Waals surface area contributed by atoms with Crippen LogP contribution in [-0.4, -0.2) is 17.6 Å². The Morgan fingerprint density at radius 1 is 1.04 bits per heavy atom. The van der Waals surface area contributed by atoms with E-state index in [9.17, 15) is 0 Å². The average molecular weight is 353 g/mol. The van der Waals surface area contributed by atoms with Gasteiger partial charge in [-0.05, 0) is 70.6 Å². The summed E-state index contributed by atoms with van der Waals surface area (Å²) in [6.45, 7) is 14.1. The van der Waals surface area contributed by atoms with Gasteiger partial charge in [-0.25, -0.2) is 4.98 Å². The highest BCUT2D eigenvalue weighted by molar-refractivity contribution is 5.61. The van der Waals surface area contributed by atoms with Crippen molar-refractivity contribution in [2.45, 2.75) is 73.3 Å². The number of rotatable bonds is 5. The quantitative estimate of drug-likeness (QED) is 0.655. The smallest absolute Gasteiger partial charge is 0.224 e. The maximum absolute atomic E-state index is 6.43. The van der Waals surface area contributed by atoms with Crippen LogP contribution in [0.25, 0.3) is 0 Å². The normalized spacial score (nSPS) is 13.9. The molecular weight excluding hydrogens is 320 g/mol. The van der Waals surface area contributed by atoms with E-state index in [1.807, 2.05) is 0 Å². The van der Waals surface area contributed by atoms with Gasteiger partial charge in [-0.1, -0.05) is 31.5 Å². The molecule has 0 aliphatic carbocycles. The summed E-state index contributed by atoms with van der Waals surface area (Å²) in [6.07, 6.45) is 4.54. The van der Waals surface area contributed by atoms with Crippen LogP contribution < -0.4 is 9.64 Å². The van der Waals surface area contributed by atoms with Crippen molar-refractivity contribution in [2.75, 3.05) is 11.4 Å². The van der Waals surface area contributed by atoms with Gasteiger partial charge in [0.2, 0.25) is 5.88 Å². The number of hydrogen-bond acceptors (Lipinski definition) is 3. The zero-order valence-corrected chi connectivity index (χ0v) is 17.1. The molecule has 1 aliphatic heterocycles. The summed E-state index contributed by atoms with van der Waals surface area (Å²) in [5, 5.41) is 0. The number of aryl methyl sites for hydroxylation is 4. The lowest BCUT2D eigenvalue weighted by Crippen LogP contribution is -2.38. The molecule has 0 saturated heterocycles. The first-order chi connectivity index (χ1) is 12.4. The lowest BCUT2D eigenvalue weighted by Gasteiger charge is -2.38. The number of fused-ring (bicyclic) bond motifs is 1. The Morgan fingerprint density at radius 2 is 1.69 bits per heavy atom. The van der Waals surface area contributed by atoms with Gasteiger partial charge in [0.05, 0.1) is 0 Å². The fourth-order valence-corrected chi connectivity index (χ4v) is 4.31. The van der Waals surface area contributed by atoms with E-state index >= 15 is 0 Å². The number of pyridine rings is 1. The fraction of sp³-hybridized carbons (Fsp3) is 0.522. The second-order valence-electron chi connectivity index (χ2n) is 7.66. The molecule has 0 fully saturated rings. The second-order valence-corrected chi connectivity index (χ2v) is 7.66. The van der Waals surface area contributed by atoms with Crippen LogP contribution in [0.4, 0.5) is 5.69 Å². The molecule has 26 heavy (non-hydrogen) atoms. The molecule has 3 nitrogen and oxygen atoms in total. The number of anilines is 1. The van der Waals surface area contributed by atoms with Crippen molar-refractivity contribution in [1.82, 2.24) is 4.98 Å². The molecule has 0 bridgehead atoms. The van der Waals surface area contributed by atoms with Crippen LogP contribution in [0.15, 0.2) is 18.2 Å². The molecule has 3 heteroatoms. The minimum absolute atomic E-state index is 0.589. The molecule has 0 saturated carbocycles. The number of aromatic nitrogens is 1. The van der Waals surface area contributed by atoms with Crippen molar-refractivity contribution in [2.24, 2.45) is 0 Å². The van der Waals surface area contributed by atoms with Crippen molar-refractivity contribution in [3.05, 3.63) is 46.1 Å². The van der Waals surface area contributed by atoms with Gasteiger partial charge in [-0.15, -0.1) is 0 Å². The number of hydrogen-bond donors (Lipinski definition) is 0. The predicted octanol–water partition coefficient (Wildman–Crippen LogP) is 6.05. The minimum atomic E-state index is 0.589. The van der Waals surface area contributed by atoms with Crippen molar-refractivity contribution < 1.29 is 4.74 Å². The van der Waals surface area contributed by atoms with Crippen LogP contribution in [0, 0.1) is 27.7 Å². The standard InChI is InChI=1S/C23H32N2O/c1-7-19(8-2)25-11-9-10-20-21(25)14-18(6)24-23(20)26-22-16(4)12-15(3)13-17(22)5/h12-14,19H,7-11H2,1-6H3. The average Bonchev–Trinajstić information content (AvgIpc) is 2.59. The minimum Gasteiger partial charge on any atom is -0.438 e. The van der Waals surface area contributed by atoms with Crippen LogP contribution in [0.2, 0.25) is 0 Å². The van der Waals surface area contributed by atoms with E-state index < -0.39 is 0 Å². The van der Waals surface area contributed by atoms with Crippen molar-refractivity contribution in [3.8, 4) is 11.6 Å². The molecule has 0 amide bonds. The van der Waals surface area contributed by atoms with E-state index in [0.717, 1.165) is 36.7 Å². The Hall–Kier alpha value is -2.03. The van der Waals surface area contributed by atoms with E-state index in [4.69, 9.17) is 9.72 Å². The van der Waals surface area contributed by atoms with E-state index in [1.54, 1.807) is 0 Å². The molecule has 0 spiro atoms. The summed E-state index contributed by atoms with van der Waals surface area (Å²) in [4.78, 5) is 7.36. The lowest BCUT2D eigenvalue weighted by atomic mass is 9.98. The highest BCUT2D eigenvalue weighted by Gasteiger charge is 2.26. The molecule has 2 aromatic rings. The van der Waals surface area contributed by atoms with E-state index in [0.29, 0.717) is 6.04 Å². The van der Waals surface area contributed by atoms with E-state index in [-0.39, 0.29) is 0 Å². The first kappa shape index (κ1) is 18.8. The third kappa shape index (κ3) is 3.58. The third-order valence-electron chi connectivity index (χ3n) is 5.51. The zero-order valence-electron chi connectivity index (χ0n) is 17.1. The summed E-state index contributed by atoms with van der Waals surface area (Å²) in [5.74, 6) is 1.75. The molecule has 1 aliphatic rings. The van der Waals surface area contributed by atoms with Crippen LogP contribution in [0.5, 0.6) is 11.6 Å². The molecule has 3 rings (SSSR count). The Labute approximate surface area is 158 Å². The monoisotopic (exact) mass is 352 g/mol. The van der Waals surface area contributed by atoms with Gasteiger partial charge in [-0.2, -0.15) is 0 Å². The topological polar surface area (TPSA) is 25.4 Å². The molecular formula is C23H32N2O. The van der Waals surface area contributed by atoms with Gasteiger partial charge in [0.25, 0.3) is 0 Å². The lowest BCUT2D eigenvalue weighted by molar-refractivity contribution is 0.441. The fourth-order valence-electron chi connectivity index (χ4n) is 4.31. The number of benzene rings is 1. The second kappa shape index (κ2) is 7.69. The van der Waals surface area contributed by atoms with Crippen LogP contribution in [0.3, 0.4) is 0 Å². The summed E-state index contributed by atoms with van der Waals surface area (Å²) in [5.41, 5.74) is 7.24. The van der Waals surface area contributed by atoms with Crippen LogP contribution in [-0.2, 0) is 6.42 Å². The molecule has 2 heterocycles. The SMILES string of the molecule is CCC(CC)N1CCCc2c1cc(C)nc2Oc1c(C)cc(C)cc1C. The Bertz CT molecular complexity index is 770. The van der Waals surface area contributed by atoms with Gasteiger partial charge in [-0.3, -0.25) is 0 Å². The third-order valence-corrected chi connectivity index (χ3v) is 5.51. The largest absolute Gasteiger partial charge is 0.438 e. The Balaban J connectivity index is 2.05. The maximum Gasteiger partial charge on any atom is 0.224 e. The van der Waals surface area contributed by atoms with E-state index in [1.165, 1.54) is 40.8 Å². The van der Waals surface area contributed by atoms with Crippen molar-refractivity contribution in [1.29, 1.82) is 0 Å². The van der Waals surface area contributed by atoms with Gasteiger partial charge < -0.3 is 9.64 Å². The number of ether oxygens (including phenoxy) is 1. The highest BCUT2D eigenvalue weighted by atomic mass is 16.5. The maximum atomic E-state index is 6.43. The molecule has 0 radical (unpaired) electrons. The zero-order chi connectivity index (χ0) is 18.8.